The van der Waals surface area contributed by atoms with Crippen LogP contribution in [0.1, 0.15) is 35.9 Å². The number of phenolic OH excluding ortho intramolecular Hbond substituents is 4. The minimum absolute atomic E-state index is 0.168. The van der Waals surface area contributed by atoms with Gasteiger partial charge in [0.25, 0.3) is 0 Å². The first-order valence-electron chi connectivity index (χ1n) is 10.6. The van der Waals surface area contributed by atoms with Crippen molar-refractivity contribution in [2.24, 2.45) is 0 Å². The maximum atomic E-state index is 13.4. The van der Waals surface area contributed by atoms with Gasteiger partial charge in [-0.3, -0.25) is 9.59 Å². The molecule has 188 valence electrons. The van der Waals surface area contributed by atoms with Gasteiger partial charge in [0.2, 0.25) is 5.78 Å². The lowest BCUT2D eigenvalue weighted by Gasteiger charge is -2.43. The number of phenols is 4. The van der Waals surface area contributed by atoms with Crippen LogP contribution in [0.15, 0.2) is 30.3 Å². The van der Waals surface area contributed by atoms with Gasteiger partial charge in [0.15, 0.2) is 36.1 Å². The molecule has 2 aliphatic heterocycles. The molecule has 35 heavy (non-hydrogen) atoms. The number of ketones is 1. The first-order chi connectivity index (χ1) is 16.5. The molecular weight excluding hydrogens is 468 g/mol. The zero-order valence-corrected chi connectivity index (χ0v) is 18.6. The molecule has 2 aromatic rings. The van der Waals surface area contributed by atoms with Crippen molar-refractivity contribution < 1.29 is 59.2 Å². The third-order valence-corrected chi connectivity index (χ3v) is 5.79. The largest absolute Gasteiger partial charge is 0.508 e. The van der Waals surface area contributed by atoms with Crippen molar-refractivity contribution >= 4 is 11.8 Å². The average molecular weight is 492 g/mol. The van der Waals surface area contributed by atoms with Gasteiger partial charge in [0.05, 0.1) is 6.10 Å². The molecule has 0 spiro atoms. The summed E-state index contributed by atoms with van der Waals surface area (Å²) in [6.07, 6.45) is -9.94. The normalized spacial score (nSPS) is 30.3. The van der Waals surface area contributed by atoms with Crippen LogP contribution in [-0.4, -0.2) is 79.2 Å². The van der Waals surface area contributed by atoms with Crippen LogP contribution in [0.4, 0.5) is 0 Å². The zero-order valence-electron chi connectivity index (χ0n) is 18.6. The summed E-state index contributed by atoms with van der Waals surface area (Å²) in [5.74, 6) is -3.57. The standard InChI is InChI=1S/C23H24O12/c1-8-20(33-9(2)24)18(30)19(31)23(32-8)35-22-17(29)16-14(28)6-11(25)7-15(16)34-21(22)10-3-4-12(26)13(27)5-10/h3-8,18-23,25-28,30-31H,1-2H3/t8-,18-,19+,20-,21+,22-,23-/m0/s1. The summed E-state index contributed by atoms with van der Waals surface area (Å²) in [4.78, 5) is 24.7. The molecule has 7 atom stereocenters. The number of aliphatic hydroxyl groups is 2. The Morgan fingerprint density at radius 3 is 2.34 bits per heavy atom. The zero-order chi connectivity index (χ0) is 25.6. The van der Waals surface area contributed by atoms with Gasteiger partial charge < -0.3 is 49.6 Å². The summed E-state index contributed by atoms with van der Waals surface area (Å²) < 4.78 is 22.2. The summed E-state index contributed by atoms with van der Waals surface area (Å²) in [7, 11) is 0. The number of esters is 1. The molecule has 1 fully saturated rings. The van der Waals surface area contributed by atoms with Gasteiger partial charge in [0, 0.05) is 19.1 Å². The van der Waals surface area contributed by atoms with E-state index in [2.05, 4.69) is 0 Å². The molecule has 2 aromatic carbocycles. The maximum absolute atomic E-state index is 13.4. The molecule has 0 saturated carbocycles. The summed E-state index contributed by atoms with van der Waals surface area (Å²) in [5.41, 5.74) is -0.132. The number of hydrogen-bond donors (Lipinski definition) is 6. The van der Waals surface area contributed by atoms with E-state index in [0.717, 1.165) is 31.2 Å². The van der Waals surface area contributed by atoms with E-state index in [-0.39, 0.29) is 22.6 Å². The van der Waals surface area contributed by atoms with Gasteiger partial charge in [-0.2, -0.15) is 0 Å². The summed E-state index contributed by atoms with van der Waals surface area (Å²) in [5, 5.41) is 60.8. The number of aromatic hydroxyl groups is 4. The van der Waals surface area contributed by atoms with Crippen LogP contribution in [0.5, 0.6) is 28.7 Å². The SMILES string of the molecule is CC(=O)O[C@@H]1[C@@H](O)[C@@H](O)[C@H](O[C@H]2C(=O)c3c(O)cc(O)cc3O[C@@H]2c2ccc(O)c(O)c2)O[C@H]1C. The predicted molar refractivity (Wildman–Crippen MR) is 114 cm³/mol. The molecule has 2 aliphatic rings. The lowest BCUT2D eigenvalue weighted by molar-refractivity contribution is -0.306. The Labute approximate surface area is 198 Å². The fourth-order valence-corrected chi connectivity index (χ4v) is 4.12. The second-order valence-electron chi connectivity index (χ2n) is 8.31. The van der Waals surface area contributed by atoms with Crippen molar-refractivity contribution in [3.05, 3.63) is 41.5 Å². The fourth-order valence-electron chi connectivity index (χ4n) is 4.12. The van der Waals surface area contributed by atoms with Crippen LogP contribution >= 0.6 is 0 Å². The molecular formula is C23H24O12. The third-order valence-electron chi connectivity index (χ3n) is 5.79. The highest BCUT2D eigenvalue weighted by molar-refractivity contribution is 6.05. The van der Waals surface area contributed by atoms with Gasteiger partial charge >= 0.3 is 5.97 Å². The molecule has 0 aromatic heterocycles. The number of hydrogen-bond acceptors (Lipinski definition) is 12. The minimum atomic E-state index is -1.74. The number of Topliss-reactive ketones (excluding diaryl/α,β-unsaturated/α-hetero) is 1. The highest BCUT2D eigenvalue weighted by Gasteiger charge is 2.49. The van der Waals surface area contributed by atoms with Crippen LogP contribution in [0.3, 0.4) is 0 Å². The summed E-state index contributed by atoms with van der Waals surface area (Å²) in [6, 6.07) is 5.68. The maximum Gasteiger partial charge on any atom is 0.303 e. The van der Waals surface area contributed by atoms with Crippen molar-refractivity contribution in [2.75, 3.05) is 0 Å². The molecule has 12 heteroatoms. The van der Waals surface area contributed by atoms with Crippen LogP contribution in [-0.2, 0) is 19.0 Å². The third kappa shape index (κ3) is 4.56. The first kappa shape index (κ1) is 24.5. The second kappa shape index (κ2) is 9.23. The highest BCUT2D eigenvalue weighted by atomic mass is 16.7. The van der Waals surface area contributed by atoms with Crippen molar-refractivity contribution in [3.8, 4) is 28.7 Å². The van der Waals surface area contributed by atoms with E-state index in [0.29, 0.717) is 0 Å². The number of aliphatic hydroxyl groups excluding tert-OH is 2. The van der Waals surface area contributed by atoms with E-state index in [4.69, 9.17) is 18.9 Å². The molecule has 2 heterocycles. The lowest BCUT2D eigenvalue weighted by Crippen LogP contribution is -2.60. The Hall–Kier alpha value is -3.58. The number of rotatable bonds is 4. The second-order valence-corrected chi connectivity index (χ2v) is 8.31. The van der Waals surface area contributed by atoms with Crippen LogP contribution in [0.2, 0.25) is 0 Å². The van der Waals surface area contributed by atoms with Gasteiger partial charge in [-0.1, -0.05) is 6.07 Å². The van der Waals surface area contributed by atoms with Crippen molar-refractivity contribution in [1.82, 2.24) is 0 Å². The van der Waals surface area contributed by atoms with E-state index >= 15 is 0 Å². The Kier molecular flexibility index (Phi) is 6.47. The number of ether oxygens (including phenoxy) is 4. The van der Waals surface area contributed by atoms with Crippen LogP contribution in [0, 0.1) is 0 Å². The Bertz CT molecular complexity index is 1150. The van der Waals surface area contributed by atoms with Gasteiger partial charge in [-0.25, -0.2) is 0 Å². The Morgan fingerprint density at radius 1 is 0.971 bits per heavy atom. The summed E-state index contributed by atoms with van der Waals surface area (Å²) in [6.45, 7) is 2.60. The van der Waals surface area contributed by atoms with Crippen LogP contribution in [0.25, 0.3) is 0 Å². The van der Waals surface area contributed by atoms with Gasteiger partial charge in [0.1, 0.15) is 35.0 Å². The molecule has 12 nitrogen and oxygen atoms in total. The number of fused-ring (bicyclic) bond motifs is 1. The van der Waals surface area contributed by atoms with E-state index in [1.807, 2.05) is 0 Å². The molecule has 4 rings (SSSR count). The van der Waals surface area contributed by atoms with Crippen molar-refractivity contribution in [1.29, 1.82) is 0 Å². The van der Waals surface area contributed by atoms with Crippen LogP contribution < -0.4 is 4.74 Å². The minimum Gasteiger partial charge on any atom is -0.508 e. The van der Waals surface area contributed by atoms with E-state index in [1.165, 1.54) is 13.0 Å². The molecule has 0 bridgehead atoms. The van der Waals surface area contributed by atoms with E-state index in [1.54, 1.807) is 0 Å². The number of benzene rings is 2. The quantitative estimate of drug-likeness (QED) is 0.258. The first-order valence-corrected chi connectivity index (χ1v) is 10.6. The Balaban J connectivity index is 1.70. The smallest absolute Gasteiger partial charge is 0.303 e. The van der Waals surface area contributed by atoms with Gasteiger partial charge in [-0.05, 0) is 24.6 Å². The van der Waals surface area contributed by atoms with Crippen molar-refractivity contribution in [3.63, 3.8) is 0 Å². The molecule has 6 N–H and O–H groups in total. The Morgan fingerprint density at radius 2 is 1.69 bits per heavy atom. The topological polar surface area (TPSA) is 192 Å². The molecule has 0 amide bonds. The fraction of sp³-hybridized carbons (Fsp3) is 0.391. The van der Waals surface area contributed by atoms with E-state index in [9.17, 15) is 40.2 Å². The number of carbonyl (C=O) groups excluding carboxylic acids is 2. The monoisotopic (exact) mass is 492 g/mol. The molecule has 0 radical (unpaired) electrons. The molecule has 0 aliphatic carbocycles. The molecule has 0 unspecified atom stereocenters. The number of carbonyl (C=O) groups is 2. The predicted octanol–water partition coefficient (Wildman–Crippen LogP) is 0.609. The van der Waals surface area contributed by atoms with E-state index < -0.39 is 71.9 Å². The highest BCUT2D eigenvalue weighted by Crippen LogP contribution is 2.44. The van der Waals surface area contributed by atoms with Gasteiger partial charge in [-0.15, -0.1) is 0 Å². The lowest BCUT2D eigenvalue weighted by atomic mass is 9.92. The average Bonchev–Trinajstić information content (AvgIpc) is 2.77. The molecule has 1 saturated heterocycles. The van der Waals surface area contributed by atoms with Crippen molar-refractivity contribution in [2.45, 2.75) is 56.8 Å². The summed E-state index contributed by atoms with van der Waals surface area (Å²) >= 11 is 0.